The van der Waals surface area contributed by atoms with Gasteiger partial charge in [0, 0.05) is 29.1 Å². The average Bonchev–Trinajstić information content (AvgIpc) is 3.03. The van der Waals surface area contributed by atoms with Gasteiger partial charge < -0.3 is 19.8 Å². The Labute approximate surface area is 190 Å². The van der Waals surface area contributed by atoms with E-state index in [1.165, 1.54) is 12.0 Å². The molecule has 2 aromatic carbocycles. The van der Waals surface area contributed by atoms with Gasteiger partial charge in [-0.05, 0) is 43.2 Å². The molecule has 1 fully saturated rings. The molecule has 2 N–H and O–H groups in total. The molecule has 2 aromatic rings. The third-order valence-corrected chi connectivity index (χ3v) is 5.63. The Hall–Kier alpha value is -3.32. The third-order valence-electron chi connectivity index (χ3n) is 5.38. The van der Waals surface area contributed by atoms with Crippen molar-refractivity contribution in [2.75, 3.05) is 13.7 Å². The molecule has 1 saturated heterocycles. The third kappa shape index (κ3) is 4.94. The largest absolute Gasteiger partial charge is 0.507 e. The van der Waals surface area contributed by atoms with Crippen molar-refractivity contribution >= 4 is 35.0 Å². The molecule has 0 spiro atoms. The SMILES string of the molecule is COc1ccccc1C1C(=C(O)c2ccc(Cl)cc2)C(=O)C(=O)N1CCCCCC(=O)O. The Morgan fingerprint density at radius 2 is 1.72 bits per heavy atom. The first-order valence-electron chi connectivity index (χ1n) is 10.2. The molecule has 1 amide bonds. The Balaban J connectivity index is 2.02. The number of hydrogen-bond donors (Lipinski definition) is 2. The van der Waals surface area contributed by atoms with Crippen LogP contribution in [0.5, 0.6) is 5.75 Å². The van der Waals surface area contributed by atoms with Gasteiger partial charge in [-0.1, -0.05) is 36.2 Å². The van der Waals surface area contributed by atoms with Gasteiger partial charge >= 0.3 is 5.97 Å². The number of hydrogen-bond acceptors (Lipinski definition) is 5. The second-order valence-electron chi connectivity index (χ2n) is 7.45. The quantitative estimate of drug-likeness (QED) is 0.250. The maximum atomic E-state index is 13.0. The topological polar surface area (TPSA) is 104 Å². The Kier molecular flexibility index (Phi) is 7.53. The number of carbonyl (C=O) groups excluding carboxylic acids is 2. The highest BCUT2D eigenvalue weighted by atomic mass is 35.5. The monoisotopic (exact) mass is 457 g/mol. The van der Waals surface area contributed by atoms with Gasteiger partial charge in [-0.25, -0.2) is 0 Å². The molecule has 168 valence electrons. The zero-order valence-corrected chi connectivity index (χ0v) is 18.3. The maximum absolute atomic E-state index is 13.0. The summed E-state index contributed by atoms with van der Waals surface area (Å²) >= 11 is 5.94. The van der Waals surface area contributed by atoms with E-state index in [1.807, 2.05) is 0 Å². The van der Waals surface area contributed by atoms with Crippen LogP contribution in [0.2, 0.25) is 5.02 Å². The fourth-order valence-corrected chi connectivity index (χ4v) is 3.95. The van der Waals surface area contributed by atoms with E-state index >= 15 is 0 Å². The van der Waals surface area contributed by atoms with Gasteiger partial charge in [0.1, 0.15) is 11.5 Å². The molecular formula is C24H24ClNO6. The molecule has 0 bridgehead atoms. The Morgan fingerprint density at radius 1 is 1.03 bits per heavy atom. The molecule has 1 atom stereocenters. The first-order valence-corrected chi connectivity index (χ1v) is 10.6. The van der Waals surface area contributed by atoms with Crippen molar-refractivity contribution in [2.24, 2.45) is 0 Å². The summed E-state index contributed by atoms with van der Waals surface area (Å²) in [7, 11) is 1.50. The first kappa shape index (κ1) is 23.3. The fraction of sp³-hybridized carbons (Fsp3) is 0.292. The molecule has 1 heterocycles. The van der Waals surface area contributed by atoms with Crippen molar-refractivity contribution in [1.82, 2.24) is 4.90 Å². The predicted octanol–water partition coefficient (Wildman–Crippen LogP) is 4.42. The number of ether oxygens (including phenoxy) is 1. The van der Waals surface area contributed by atoms with Gasteiger partial charge in [0.25, 0.3) is 11.7 Å². The van der Waals surface area contributed by atoms with E-state index in [1.54, 1.807) is 48.5 Å². The van der Waals surface area contributed by atoms with Crippen LogP contribution in [0.4, 0.5) is 0 Å². The number of methoxy groups -OCH3 is 1. The lowest BCUT2D eigenvalue weighted by atomic mass is 9.94. The number of aliphatic carboxylic acids is 1. The summed E-state index contributed by atoms with van der Waals surface area (Å²) in [6.07, 6.45) is 1.63. The molecule has 1 unspecified atom stereocenters. The average molecular weight is 458 g/mol. The molecule has 0 radical (unpaired) electrons. The Bertz CT molecular complexity index is 1050. The second-order valence-corrected chi connectivity index (χ2v) is 7.88. The number of amides is 1. The van der Waals surface area contributed by atoms with Crippen LogP contribution in [0.1, 0.15) is 42.9 Å². The van der Waals surface area contributed by atoms with Crippen molar-refractivity contribution in [3.63, 3.8) is 0 Å². The predicted molar refractivity (Wildman–Crippen MR) is 120 cm³/mol. The fourth-order valence-electron chi connectivity index (χ4n) is 3.82. The van der Waals surface area contributed by atoms with E-state index in [4.69, 9.17) is 21.4 Å². The molecule has 8 heteroatoms. The van der Waals surface area contributed by atoms with Crippen molar-refractivity contribution in [3.05, 3.63) is 70.3 Å². The minimum atomic E-state index is -0.873. The number of para-hydroxylation sites is 1. The van der Waals surface area contributed by atoms with Crippen molar-refractivity contribution in [2.45, 2.75) is 31.7 Å². The summed E-state index contributed by atoms with van der Waals surface area (Å²) in [6, 6.07) is 12.5. The van der Waals surface area contributed by atoms with Gasteiger partial charge in [-0.2, -0.15) is 0 Å². The molecular weight excluding hydrogens is 434 g/mol. The maximum Gasteiger partial charge on any atom is 0.303 e. The summed E-state index contributed by atoms with van der Waals surface area (Å²) in [4.78, 5) is 38.1. The summed E-state index contributed by atoms with van der Waals surface area (Å²) in [6.45, 7) is 0.240. The number of likely N-dealkylation sites (tertiary alicyclic amines) is 1. The molecule has 0 saturated carbocycles. The lowest BCUT2D eigenvalue weighted by Crippen LogP contribution is -2.31. The molecule has 0 aliphatic carbocycles. The van der Waals surface area contributed by atoms with E-state index in [2.05, 4.69) is 0 Å². The number of halogens is 1. The Morgan fingerprint density at radius 3 is 2.38 bits per heavy atom. The van der Waals surface area contributed by atoms with Crippen LogP contribution in [0.3, 0.4) is 0 Å². The molecule has 3 rings (SSSR count). The molecule has 1 aliphatic heterocycles. The van der Waals surface area contributed by atoms with E-state index in [0.717, 1.165) is 0 Å². The number of rotatable bonds is 9. The zero-order chi connectivity index (χ0) is 23.3. The van der Waals surface area contributed by atoms with Crippen LogP contribution in [0, 0.1) is 0 Å². The normalized spacial score (nSPS) is 17.6. The number of aliphatic hydroxyl groups excluding tert-OH is 1. The number of unbranched alkanes of at least 4 members (excludes halogenated alkanes) is 2. The number of Topliss-reactive ketones (excluding diaryl/α,β-unsaturated/α-hetero) is 1. The lowest BCUT2D eigenvalue weighted by Gasteiger charge is -2.26. The number of nitrogens with zero attached hydrogens (tertiary/aromatic N) is 1. The number of carboxylic acids is 1. The number of carboxylic acid groups (broad SMARTS) is 1. The van der Waals surface area contributed by atoms with Crippen LogP contribution in [0.25, 0.3) is 5.76 Å². The number of aliphatic hydroxyl groups is 1. The van der Waals surface area contributed by atoms with Crippen molar-refractivity contribution in [1.29, 1.82) is 0 Å². The lowest BCUT2D eigenvalue weighted by molar-refractivity contribution is -0.140. The first-order chi connectivity index (χ1) is 15.3. The summed E-state index contributed by atoms with van der Waals surface area (Å²) in [5.74, 6) is -2.17. The van der Waals surface area contributed by atoms with Crippen LogP contribution >= 0.6 is 11.6 Å². The van der Waals surface area contributed by atoms with Gasteiger partial charge in [0.05, 0.1) is 18.7 Å². The highest BCUT2D eigenvalue weighted by molar-refractivity contribution is 6.46. The van der Waals surface area contributed by atoms with E-state index in [9.17, 15) is 19.5 Å². The standard InChI is InChI=1S/C24H24ClNO6/c1-32-18-8-5-4-7-17(18)21-20(22(29)15-10-12-16(25)13-11-15)23(30)24(31)26(21)14-6-2-3-9-19(27)28/h4-5,7-8,10-13,21,29H,2-3,6,9,14H2,1H3,(H,27,28). The molecule has 1 aliphatic rings. The number of ketones is 1. The van der Waals surface area contributed by atoms with E-state index in [-0.39, 0.29) is 24.3 Å². The van der Waals surface area contributed by atoms with Gasteiger partial charge in [0.2, 0.25) is 0 Å². The van der Waals surface area contributed by atoms with Crippen LogP contribution in [-0.2, 0) is 14.4 Å². The summed E-state index contributed by atoms with van der Waals surface area (Å²) < 4.78 is 5.46. The van der Waals surface area contributed by atoms with Crippen LogP contribution < -0.4 is 4.74 Å². The molecule has 32 heavy (non-hydrogen) atoms. The molecule has 0 aromatic heterocycles. The van der Waals surface area contributed by atoms with Gasteiger partial charge in [-0.15, -0.1) is 0 Å². The van der Waals surface area contributed by atoms with E-state index < -0.39 is 23.7 Å². The minimum Gasteiger partial charge on any atom is -0.507 e. The second kappa shape index (κ2) is 10.3. The van der Waals surface area contributed by atoms with Gasteiger partial charge in [-0.3, -0.25) is 14.4 Å². The molecule has 7 nitrogen and oxygen atoms in total. The van der Waals surface area contributed by atoms with Crippen LogP contribution in [0.15, 0.2) is 54.1 Å². The highest BCUT2D eigenvalue weighted by Gasteiger charge is 2.46. The summed E-state index contributed by atoms with van der Waals surface area (Å²) in [5.41, 5.74) is 0.927. The van der Waals surface area contributed by atoms with Gasteiger partial charge in [0.15, 0.2) is 0 Å². The van der Waals surface area contributed by atoms with Crippen molar-refractivity contribution in [3.8, 4) is 5.75 Å². The van der Waals surface area contributed by atoms with Crippen LogP contribution in [-0.4, -0.2) is 46.4 Å². The number of benzene rings is 2. The smallest absolute Gasteiger partial charge is 0.303 e. The van der Waals surface area contributed by atoms with Crippen molar-refractivity contribution < 1.29 is 29.3 Å². The summed E-state index contributed by atoms with van der Waals surface area (Å²) in [5, 5.41) is 20.3. The zero-order valence-electron chi connectivity index (χ0n) is 17.6. The number of carbonyl (C=O) groups is 3. The minimum absolute atomic E-state index is 0.0210. The highest BCUT2D eigenvalue weighted by Crippen LogP contribution is 2.42. The van der Waals surface area contributed by atoms with E-state index in [0.29, 0.717) is 41.2 Å².